The molecule has 1 saturated carbocycles. The minimum Gasteiger partial charge on any atom is -0.479 e. The first-order valence-corrected chi connectivity index (χ1v) is 7.14. The Bertz CT molecular complexity index is 382. The van der Waals surface area contributed by atoms with E-state index in [0.29, 0.717) is 18.9 Å². The summed E-state index contributed by atoms with van der Waals surface area (Å²) in [5.41, 5.74) is 1.03. The molecule has 0 aliphatic heterocycles. The van der Waals surface area contributed by atoms with E-state index in [9.17, 15) is 9.90 Å². The van der Waals surface area contributed by atoms with Gasteiger partial charge in [-0.25, -0.2) is 4.79 Å². The molecule has 0 amide bonds. The Morgan fingerprint density at radius 3 is 2.53 bits per heavy atom. The summed E-state index contributed by atoms with van der Waals surface area (Å²) >= 11 is 0. The number of carbonyl (C=O) groups is 1. The molecule has 1 N–H and O–H groups in total. The van der Waals surface area contributed by atoms with Crippen LogP contribution in [0, 0.1) is 5.92 Å². The monoisotopic (exact) mass is 262 g/mol. The van der Waals surface area contributed by atoms with Gasteiger partial charge in [-0.1, -0.05) is 62.4 Å². The summed E-state index contributed by atoms with van der Waals surface area (Å²) in [5.74, 6) is -0.313. The van der Waals surface area contributed by atoms with Crippen molar-refractivity contribution in [1.29, 1.82) is 0 Å². The summed E-state index contributed by atoms with van der Waals surface area (Å²) in [4.78, 5) is 11.3. The molecular formula is C16H22O3. The van der Waals surface area contributed by atoms with Crippen molar-refractivity contribution in [2.45, 2.75) is 51.2 Å². The smallest absolute Gasteiger partial charge is 0.332 e. The molecule has 1 aliphatic carbocycles. The molecule has 1 atom stereocenters. The minimum atomic E-state index is -0.832. The van der Waals surface area contributed by atoms with Gasteiger partial charge in [0.1, 0.15) is 0 Å². The van der Waals surface area contributed by atoms with Gasteiger partial charge in [0.2, 0.25) is 0 Å². The molecule has 1 aliphatic rings. The molecule has 0 spiro atoms. The van der Waals surface area contributed by atoms with Crippen molar-refractivity contribution in [1.82, 2.24) is 0 Å². The van der Waals surface area contributed by atoms with Crippen molar-refractivity contribution >= 4 is 5.97 Å². The third kappa shape index (κ3) is 4.67. The summed E-state index contributed by atoms with van der Waals surface area (Å²) in [6.07, 6.45) is 6.05. The van der Waals surface area contributed by atoms with Gasteiger partial charge >= 0.3 is 5.97 Å². The van der Waals surface area contributed by atoms with Crippen molar-refractivity contribution in [3.8, 4) is 0 Å². The van der Waals surface area contributed by atoms with Crippen LogP contribution in [0.3, 0.4) is 0 Å². The second kappa shape index (κ2) is 7.29. The third-order valence-electron chi connectivity index (χ3n) is 3.84. The zero-order chi connectivity index (χ0) is 13.5. The lowest BCUT2D eigenvalue weighted by atomic mass is 9.85. The maximum atomic E-state index is 11.3. The number of rotatable bonds is 6. The zero-order valence-corrected chi connectivity index (χ0v) is 11.3. The minimum absolute atomic E-state index is 0.379. The Labute approximate surface area is 114 Å². The molecule has 1 fully saturated rings. The number of hydrogen-bond donors (Lipinski definition) is 1. The molecule has 104 valence electrons. The number of ether oxygens (including phenoxy) is 1. The molecule has 2 rings (SSSR count). The van der Waals surface area contributed by atoms with E-state index < -0.39 is 12.1 Å². The van der Waals surface area contributed by atoms with Crippen LogP contribution in [-0.2, 0) is 16.1 Å². The fraction of sp³-hybridized carbons (Fsp3) is 0.562. The Kier molecular flexibility index (Phi) is 5.40. The predicted octanol–water partition coefficient (Wildman–Crippen LogP) is 3.63. The van der Waals surface area contributed by atoms with Gasteiger partial charge in [-0.05, 0) is 17.9 Å². The number of carboxylic acids is 1. The van der Waals surface area contributed by atoms with Crippen molar-refractivity contribution in [2.75, 3.05) is 0 Å². The molecule has 0 heterocycles. The SMILES string of the molecule is O=C(O)C(CC1CCCCC1)OCc1ccccc1. The van der Waals surface area contributed by atoms with E-state index in [2.05, 4.69) is 0 Å². The van der Waals surface area contributed by atoms with Gasteiger partial charge in [0.15, 0.2) is 6.10 Å². The lowest BCUT2D eigenvalue weighted by Crippen LogP contribution is -2.27. The van der Waals surface area contributed by atoms with Crippen molar-refractivity contribution < 1.29 is 14.6 Å². The zero-order valence-electron chi connectivity index (χ0n) is 11.3. The highest BCUT2D eigenvalue weighted by Gasteiger charge is 2.24. The highest BCUT2D eigenvalue weighted by atomic mass is 16.5. The van der Waals surface area contributed by atoms with Crippen LogP contribution in [0.5, 0.6) is 0 Å². The third-order valence-corrected chi connectivity index (χ3v) is 3.84. The Morgan fingerprint density at radius 2 is 1.89 bits per heavy atom. The highest BCUT2D eigenvalue weighted by molar-refractivity contribution is 5.72. The van der Waals surface area contributed by atoms with Gasteiger partial charge in [-0.15, -0.1) is 0 Å². The van der Waals surface area contributed by atoms with E-state index in [1.54, 1.807) is 0 Å². The van der Waals surface area contributed by atoms with Crippen LogP contribution in [0.4, 0.5) is 0 Å². The number of hydrogen-bond acceptors (Lipinski definition) is 2. The number of benzene rings is 1. The summed E-state index contributed by atoms with van der Waals surface area (Å²) in [6.45, 7) is 0.379. The quantitative estimate of drug-likeness (QED) is 0.851. The average Bonchev–Trinajstić information content (AvgIpc) is 2.45. The molecule has 1 aromatic carbocycles. The summed E-state index contributed by atoms with van der Waals surface area (Å²) in [7, 11) is 0. The van der Waals surface area contributed by atoms with Gasteiger partial charge in [0, 0.05) is 0 Å². The van der Waals surface area contributed by atoms with E-state index >= 15 is 0 Å². The van der Waals surface area contributed by atoms with Crippen LogP contribution in [0.1, 0.15) is 44.1 Å². The molecule has 3 nitrogen and oxygen atoms in total. The van der Waals surface area contributed by atoms with Crippen LogP contribution in [0.15, 0.2) is 30.3 Å². The maximum absolute atomic E-state index is 11.3. The normalized spacial score (nSPS) is 18.1. The lowest BCUT2D eigenvalue weighted by Gasteiger charge is -2.24. The second-order valence-electron chi connectivity index (χ2n) is 5.36. The number of aliphatic carboxylic acids is 1. The molecule has 0 bridgehead atoms. The molecule has 3 heteroatoms. The van der Waals surface area contributed by atoms with E-state index in [1.165, 1.54) is 19.3 Å². The summed E-state index contributed by atoms with van der Waals surface area (Å²) < 4.78 is 5.59. The van der Waals surface area contributed by atoms with E-state index in [-0.39, 0.29) is 0 Å². The first-order valence-electron chi connectivity index (χ1n) is 7.14. The van der Waals surface area contributed by atoms with Crippen LogP contribution in [0.2, 0.25) is 0 Å². The lowest BCUT2D eigenvalue weighted by molar-refractivity contribution is -0.152. The molecule has 1 aromatic rings. The number of carboxylic acid groups (broad SMARTS) is 1. The standard InChI is InChI=1S/C16H22O3/c17-16(18)15(11-13-7-3-1-4-8-13)19-12-14-9-5-2-6-10-14/h2,5-6,9-10,13,15H,1,3-4,7-8,11-12H2,(H,17,18). The Hall–Kier alpha value is -1.35. The van der Waals surface area contributed by atoms with E-state index in [4.69, 9.17) is 4.74 Å². The molecule has 0 radical (unpaired) electrons. The van der Waals surface area contributed by atoms with Gasteiger partial charge in [-0.3, -0.25) is 0 Å². The van der Waals surface area contributed by atoms with Gasteiger partial charge < -0.3 is 9.84 Å². The second-order valence-corrected chi connectivity index (χ2v) is 5.36. The van der Waals surface area contributed by atoms with Gasteiger partial charge in [-0.2, -0.15) is 0 Å². The topological polar surface area (TPSA) is 46.5 Å². The van der Waals surface area contributed by atoms with Crippen LogP contribution in [-0.4, -0.2) is 17.2 Å². The van der Waals surface area contributed by atoms with Crippen molar-refractivity contribution in [2.24, 2.45) is 5.92 Å². The summed E-state index contributed by atoms with van der Waals surface area (Å²) in [5, 5.41) is 9.26. The summed E-state index contributed by atoms with van der Waals surface area (Å²) in [6, 6.07) is 9.74. The average molecular weight is 262 g/mol. The molecule has 0 aromatic heterocycles. The van der Waals surface area contributed by atoms with Crippen LogP contribution in [0.25, 0.3) is 0 Å². The first kappa shape index (κ1) is 14.1. The van der Waals surface area contributed by atoms with E-state index in [0.717, 1.165) is 18.4 Å². The largest absolute Gasteiger partial charge is 0.479 e. The molecular weight excluding hydrogens is 240 g/mol. The Balaban J connectivity index is 1.83. The van der Waals surface area contributed by atoms with Crippen LogP contribution < -0.4 is 0 Å². The highest BCUT2D eigenvalue weighted by Crippen LogP contribution is 2.28. The fourth-order valence-corrected chi connectivity index (χ4v) is 2.74. The van der Waals surface area contributed by atoms with Gasteiger partial charge in [0.05, 0.1) is 6.61 Å². The molecule has 1 unspecified atom stereocenters. The Morgan fingerprint density at radius 1 is 1.21 bits per heavy atom. The van der Waals surface area contributed by atoms with E-state index in [1.807, 2.05) is 30.3 Å². The fourth-order valence-electron chi connectivity index (χ4n) is 2.74. The predicted molar refractivity (Wildman–Crippen MR) is 73.8 cm³/mol. The van der Waals surface area contributed by atoms with Crippen molar-refractivity contribution in [3.05, 3.63) is 35.9 Å². The molecule has 0 saturated heterocycles. The van der Waals surface area contributed by atoms with Crippen LogP contribution >= 0.6 is 0 Å². The molecule has 19 heavy (non-hydrogen) atoms. The van der Waals surface area contributed by atoms with Crippen molar-refractivity contribution in [3.63, 3.8) is 0 Å². The van der Waals surface area contributed by atoms with Gasteiger partial charge in [0.25, 0.3) is 0 Å². The first-order chi connectivity index (χ1) is 9.25. The maximum Gasteiger partial charge on any atom is 0.332 e.